The molecule has 2 N–H and O–H groups in total. The van der Waals surface area contributed by atoms with Gasteiger partial charge in [-0.15, -0.1) is 0 Å². The number of carbonyl (C=O) groups excluding carboxylic acids is 1. The Morgan fingerprint density at radius 2 is 1.79 bits per heavy atom. The van der Waals surface area contributed by atoms with E-state index in [2.05, 4.69) is 17.4 Å². The summed E-state index contributed by atoms with van der Waals surface area (Å²) in [7, 11) is 1.60. The van der Waals surface area contributed by atoms with Gasteiger partial charge in [0.25, 0.3) is 0 Å². The van der Waals surface area contributed by atoms with E-state index in [1.54, 1.807) is 19.2 Å². The molecular weight excluding hydrogens is 302 g/mol. The quantitative estimate of drug-likeness (QED) is 0.782. The van der Waals surface area contributed by atoms with E-state index >= 15 is 0 Å². The first kappa shape index (κ1) is 18.0. The topological polar surface area (TPSA) is 58.6 Å². The molecule has 2 unspecified atom stereocenters. The molecule has 0 aliphatic rings. The Balaban J connectivity index is 1.77. The van der Waals surface area contributed by atoms with Crippen molar-refractivity contribution in [2.75, 3.05) is 7.11 Å². The second-order valence-electron chi connectivity index (χ2n) is 5.91. The zero-order valence-electron chi connectivity index (χ0n) is 14.2. The minimum atomic E-state index is -0.742. The lowest BCUT2D eigenvalue weighted by Gasteiger charge is -2.21. The molecule has 2 rings (SSSR count). The van der Waals surface area contributed by atoms with Crippen molar-refractivity contribution in [2.24, 2.45) is 0 Å². The summed E-state index contributed by atoms with van der Waals surface area (Å²) >= 11 is 0. The van der Waals surface area contributed by atoms with Gasteiger partial charge in [0.05, 0.1) is 19.3 Å². The van der Waals surface area contributed by atoms with Crippen LogP contribution in [-0.4, -0.2) is 24.2 Å². The number of hydrogen-bond acceptors (Lipinski definition) is 3. The van der Waals surface area contributed by atoms with Gasteiger partial charge in [0.1, 0.15) is 5.75 Å². The normalized spacial score (nSPS) is 13.1. The predicted octanol–water partition coefficient (Wildman–Crippen LogP) is 3.26. The molecule has 0 saturated heterocycles. The van der Waals surface area contributed by atoms with Crippen molar-refractivity contribution < 1.29 is 14.6 Å². The van der Waals surface area contributed by atoms with E-state index in [1.165, 1.54) is 5.56 Å². The fourth-order valence-corrected chi connectivity index (χ4v) is 2.59. The van der Waals surface area contributed by atoms with Crippen molar-refractivity contribution in [1.82, 2.24) is 5.32 Å². The highest BCUT2D eigenvalue weighted by atomic mass is 16.5. The number of aliphatic hydroxyl groups excluding tert-OH is 1. The number of nitrogens with one attached hydrogen (secondary N) is 1. The summed E-state index contributed by atoms with van der Waals surface area (Å²) in [5.41, 5.74) is 1.99. The van der Waals surface area contributed by atoms with Crippen LogP contribution in [-0.2, 0) is 11.2 Å². The summed E-state index contributed by atoms with van der Waals surface area (Å²) in [6, 6.07) is 17.0. The molecule has 24 heavy (non-hydrogen) atoms. The number of methoxy groups -OCH3 is 1. The van der Waals surface area contributed by atoms with Crippen molar-refractivity contribution in [3.05, 3.63) is 65.7 Å². The number of ether oxygens (including phenoxy) is 1. The predicted molar refractivity (Wildman–Crippen MR) is 94.9 cm³/mol. The van der Waals surface area contributed by atoms with Crippen molar-refractivity contribution in [3.8, 4) is 5.75 Å². The molecule has 0 aliphatic carbocycles. The van der Waals surface area contributed by atoms with E-state index in [0.29, 0.717) is 6.42 Å². The third-order valence-electron chi connectivity index (χ3n) is 4.03. The maximum absolute atomic E-state index is 12.0. The molecule has 0 fully saturated rings. The summed E-state index contributed by atoms with van der Waals surface area (Å²) in [6.45, 7) is 1.81. The van der Waals surface area contributed by atoms with Gasteiger partial charge in [0, 0.05) is 6.42 Å². The van der Waals surface area contributed by atoms with Gasteiger partial charge in [-0.05, 0) is 43.0 Å². The van der Waals surface area contributed by atoms with Crippen LogP contribution in [0.25, 0.3) is 0 Å². The molecule has 0 radical (unpaired) electrons. The largest absolute Gasteiger partial charge is 0.497 e. The number of aryl methyl sites for hydroxylation is 1. The van der Waals surface area contributed by atoms with Crippen LogP contribution in [0.5, 0.6) is 5.75 Å². The Kier molecular flexibility index (Phi) is 6.82. The molecule has 0 bridgehead atoms. The fraction of sp³-hybridized carbons (Fsp3) is 0.350. The molecule has 0 aromatic heterocycles. The summed E-state index contributed by atoms with van der Waals surface area (Å²) in [6.07, 6.45) is 1.38. The lowest BCUT2D eigenvalue weighted by Crippen LogP contribution is -2.36. The van der Waals surface area contributed by atoms with E-state index in [1.807, 2.05) is 37.3 Å². The number of aliphatic hydroxyl groups is 1. The molecule has 2 aromatic rings. The van der Waals surface area contributed by atoms with E-state index < -0.39 is 6.10 Å². The van der Waals surface area contributed by atoms with E-state index in [0.717, 1.165) is 24.2 Å². The van der Waals surface area contributed by atoms with Gasteiger partial charge >= 0.3 is 0 Å². The smallest absolute Gasteiger partial charge is 0.220 e. The lowest BCUT2D eigenvalue weighted by atomic mass is 10.0. The van der Waals surface area contributed by atoms with Crippen molar-refractivity contribution in [2.45, 2.75) is 38.3 Å². The molecule has 0 spiro atoms. The molecule has 0 aliphatic heterocycles. The Hall–Kier alpha value is -2.33. The molecular formula is C20H25NO3. The second-order valence-corrected chi connectivity index (χ2v) is 5.91. The first-order valence-electron chi connectivity index (χ1n) is 8.25. The third kappa shape index (κ3) is 5.39. The molecule has 128 valence electrons. The fourth-order valence-electron chi connectivity index (χ4n) is 2.59. The molecule has 4 heteroatoms. The average molecular weight is 327 g/mol. The minimum Gasteiger partial charge on any atom is -0.497 e. The molecule has 0 saturated carbocycles. The van der Waals surface area contributed by atoms with Gasteiger partial charge < -0.3 is 15.2 Å². The molecule has 1 amide bonds. The van der Waals surface area contributed by atoms with Crippen LogP contribution < -0.4 is 10.1 Å². The van der Waals surface area contributed by atoms with Crippen molar-refractivity contribution in [1.29, 1.82) is 0 Å². The van der Waals surface area contributed by atoms with Crippen LogP contribution in [0.1, 0.15) is 37.0 Å². The van der Waals surface area contributed by atoms with E-state index in [-0.39, 0.29) is 11.9 Å². The van der Waals surface area contributed by atoms with Crippen LogP contribution in [0.3, 0.4) is 0 Å². The van der Waals surface area contributed by atoms with Crippen LogP contribution in [0.2, 0.25) is 0 Å². The highest BCUT2D eigenvalue weighted by molar-refractivity contribution is 5.76. The Labute approximate surface area is 143 Å². The number of amides is 1. The standard InChI is InChI=1S/C20H25NO3/c1-15(20(23)17-11-13-18(24-2)14-12-17)21-19(22)10-6-9-16-7-4-3-5-8-16/h3-5,7-8,11-15,20,23H,6,9-10H2,1-2H3,(H,21,22). The Morgan fingerprint density at radius 3 is 2.42 bits per heavy atom. The van der Waals surface area contributed by atoms with Crippen LogP contribution >= 0.6 is 0 Å². The highest BCUT2D eigenvalue weighted by Crippen LogP contribution is 2.20. The first-order chi connectivity index (χ1) is 11.6. The lowest BCUT2D eigenvalue weighted by molar-refractivity contribution is -0.122. The van der Waals surface area contributed by atoms with E-state index in [4.69, 9.17) is 4.74 Å². The maximum atomic E-state index is 12.0. The second kappa shape index (κ2) is 9.08. The van der Waals surface area contributed by atoms with Crippen molar-refractivity contribution >= 4 is 5.91 Å². The monoisotopic (exact) mass is 327 g/mol. The minimum absolute atomic E-state index is 0.0361. The summed E-state index contributed by atoms with van der Waals surface area (Å²) in [5.74, 6) is 0.703. The van der Waals surface area contributed by atoms with Gasteiger partial charge in [-0.25, -0.2) is 0 Å². The zero-order valence-corrected chi connectivity index (χ0v) is 14.2. The Morgan fingerprint density at radius 1 is 1.12 bits per heavy atom. The van der Waals surface area contributed by atoms with Crippen LogP contribution in [0.15, 0.2) is 54.6 Å². The number of benzene rings is 2. The maximum Gasteiger partial charge on any atom is 0.220 e. The third-order valence-corrected chi connectivity index (χ3v) is 4.03. The molecule has 0 heterocycles. The molecule has 2 atom stereocenters. The highest BCUT2D eigenvalue weighted by Gasteiger charge is 2.18. The average Bonchev–Trinajstić information content (AvgIpc) is 2.62. The summed E-state index contributed by atoms with van der Waals surface area (Å²) < 4.78 is 5.10. The van der Waals surface area contributed by atoms with Crippen LogP contribution in [0, 0.1) is 0 Å². The van der Waals surface area contributed by atoms with Crippen LogP contribution in [0.4, 0.5) is 0 Å². The number of carbonyl (C=O) groups is 1. The number of rotatable bonds is 8. The zero-order chi connectivity index (χ0) is 17.4. The van der Waals surface area contributed by atoms with E-state index in [9.17, 15) is 9.90 Å². The Bertz CT molecular complexity index is 625. The van der Waals surface area contributed by atoms with Gasteiger partial charge in [-0.1, -0.05) is 42.5 Å². The van der Waals surface area contributed by atoms with Gasteiger partial charge in [0.15, 0.2) is 0 Å². The van der Waals surface area contributed by atoms with Gasteiger partial charge in [0.2, 0.25) is 5.91 Å². The first-order valence-corrected chi connectivity index (χ1v) is 8.25. The number of hydrogen-bond donors (Lipinski definition) is 2. The summed E-state index contributed by atoms with van der Waals surface area (Å²) in [5, 5.41) is 13.2. The van der Waals surface area contributed by atoms with Gasteiger partial charge in [-0.3, -0.25) is 4.79 Å². The SMILES string of the molecule is COc1ccc(C(O)C(C)NC(=O)CCCc2ccccc2)cc1. The molecule has 2 aromatic carbocycles. The molecule has 4 nitrogen and oxygen atoms in total. The van der Waals surface area contributed by atoms with Crippen molar-refractivity contribution in [3.63, 3.8) is 0 Å². The van der Waals surface area contributed by atoms with Gasteiger partial charge in [-0.2, -0.15) is 0 Å². The summed E-state index contributed by atoms with van der Waals surface area (Å²) in [4.78, 5) is 12.0.